The average molecular weight is 247 g/mol. The summed E-state index contributed by atoms with van der Waals surface area (Å²) in [7, 11) is 0. The predicted molar refractivity (Wildman–Crippen MR) is 70.8 cm³/mol. The van der Waals surface area contributed by atoms with Crippen LogP contribution in [0.1, 0.15) is 19.8 Å². The Hall–Kier alpha value is -2.11. The lowest BCUT2D eigenvalue weighted by atomic mass is 10.4. The van der Waals surface area contributed by atoms with E-state index in [9.17, 15) is 0 Å². The fourth-order valence-corrected chi connectivity index (χ4v) is 1.47. The van der Waals surface area contributed by atoms with E-state index in [0.717, 1.165) is 24.8 Å². The van der Waals surface area contributed by atoms with Gasteiger partial charge in [-0.3, -0.25) is 5.10 Å². The lowest BCUT2D eigenvalue weighted by Crippen LogP contribution is -2.06. The molecule has 0 aromatic carbocycles. The highest BCUT2D eigenvalue weighted by atomic mass is 16.5. The van der Waals surface area contributed by atoms with Crippen LogP contribution in [0.15, 0.2) is 18.9 Å². The maximum absolute atomic E-state index is 5.62. The van der Waals surface area contributed by atoms with Crippen LogP contribution in [-0.2, 0) is 0 Å². The van der Waals surface area contributed by atoms with Crippen LogP contribution < -0.4 is 10.1 Å². The van der Waals surface area contributed by atoms with Gasteiger partial charge < -0.3 is 10.1 Å². The molecule has 2 aromatic heterocycles. The van der Waals surface area contributed by atoms with Crippen molar-refractivity contribution in [1.29, 1.82) is 0 Å². The molecule has 0 radical (unpaired) electrons. The van der Waals surface area contributed by atoms with E-state index in [0.29, 0.717) is 24.1 Å². The number of nitrogens with one attached hydrogen (secondary N) is 2. The maximum atomic E-state index is 5.62. The molecule has 2 heterocycles. The highest BCUT2D eigenvalue weighted by Crippen LogP contribution is 2.22. The second kappa shape index (κ2) is 6.00. The molecular formula is C12H17N5O. The second-order valence-corrected chi connectivity index (χ2v) is 3.84. The molecule has 0 aliphatic carbocycles. The minimum absolute atomic E-state index is 0.550. The van der Waals surface area contributed by atoms with Crippen LogP contribution in [-0.4, -0.2) is 33.3 Å². The molecule has 0 saturated carbocycles. The van der Waals surface area contributed by atoms with Gasteiger partial charge in [-0.2, -0.15) is 15.1 Å². The van der Waals surface area contributed by atoms with E-state index >= 15 is 0 Å². The summed E-state index contributed by atoms with van der Waals surface area (Å²) in [5.41, 5.74) is 0.678. The molecule has 0 aliphatic rings. The Labute approximate surface area is 105 Å². The third-order valence-corrected chi connectivity index (χ3v) is 2.37. The van der Waals surface area contributed by atoms with Crippen LogP contribution in [0.3, 0.4) is 0 Å². The lowest BCUT2D eigenvalue weighted by molar-refractivity contribution is 0.316. The summed E-state index contributed by atoms with van der Waals surface area (Å²) in [4.78, 5) is 8.66. The first-order valence-electron chi connectivity index (χ1n) is 6.03. The van der Waals surface area contributed by atoms with E-state index in [1.807, 2.05) is 6.08 Å². The Balaban J connectivity index is 2.23. The van der Waals surface area contributed by atoms with E-state index in [1.54, 1.807) is 6.20 Å². The molecule has 2 rings (SSSR count). The van der Waals surface area contributed by atoms with Crippen LogP contribution in [0, 0.1) is 0 Å². The fourth-order valence-electron chi connectivity index (χ4n) is 1.47. The number of hydrogen-bond donors (Lipinski definition) is 2. The van der Waals surface area contributed by atoms with Gasteiger partial charge in [0.2, 0.25) is 11.8 Å². The highest BCUT2D eigenvalue weighted by Gasteiger charge is 2.10. The molecule has 0 fully saturated rings. The molecule has 6 nitrogen and oxygen atoms in total. The zero-order valence-corrected chi connectivity index (χ0v) is 10.4. The molecule has 0 aliphatic heterocycles. The quantitative estimate of drug-likeness (QED) is 0.579. The molecule has 0 spiro atoms. The Morgan fingerprint density at radius 3 is 3.17 bits per heavy atom. The van der Waals surface area contributed by atoms with Crippen LogP contribution >= 0.6 is 0 Å². The molecule has 96 valence electrons. The molecule has 0 amide bonds. The van der Waals surface area contributed by atoms with Crippen molar-refractivity contribution in [3.63, 3.8) is 0 Å². The fraction of sp³-hybridized carbons (Fsp3) is 0.417. The Morgan fingerprint density at radius 2 is 2.39 bits per heavy atom. The molecule has 2 N–H and O–H groups in total. The van der Waals surface area contributed by atoms with Crippen molar-refractivity contribution in [3.05, 3.63) is 18.9 Å². The molecule has 2 aromatic rings. The molecule has 0 saturated heterocycles. The number of fused-ring (bicyclic) bond motifs is 1. The number of H-pyrrole nitrogens is 1. The van der Waals surface area contributed by atoms with Gasteiger partial charge in [-0.25, -0.2) is 0 Å². The number of anilines is 1. The second-order valence-electron chi connectivity index (χ2n) is 3.84. The first-order valence-corrected chi connectivity index (χ1v) is 6.03. The average Bonchev–Trinajstić information content (AvgIpc) is 2.85. The monoisotopic (exact) mass is 247 g/mol. The van der Waals surface area contributed by atoms with Crippen molar-refractivity contribution >= 4 is 17.0 Å². The molecule has 0 bridgehead atoms. The summed E-state index contributed by atoms with van der Waals surface area (Å²) in [5, 5.41) is 10.7. The van der Waals surface area contributed by atoms with Crippen molar-refractivity contribution < 1.29 is 4.74 Å². The van der Waals surface area contributed by atoms with Gasteiger partial charge >= 0.3 is 0 Å². The summed E-state index contributed by atoms with van der Waals surface area (Å²) < 4.78 is 5.62. The van der Waals surface area contributed by atoms with Crippen molar-refractivity contribution in [2.24, 2.45) is 0 Å². The van der Waals surface area contributed by atoms with Gasteiger partial charge in [0.1, 0.15) is 5.39 Å². The number of ether oxygens (including phenoxy) is 1. The van der Waals surface area contributed by atoms with Crippen molar-refractivity contribution in [3.8, 4) is 5.88 Å². The van der Waals surface area contributed by atoms with E-state index in [2.05, 4.69) is 39.0 Å². The Kier molecular flexibility index (Phi) is 4.11. The van der Waals surface area contributed by atoms with E-state index in [1.165, 1.54) is 0 Å². The van der Waals surface area contributed by atoms with Crippen molar-refractivity contribution in [2.45, 2.75) is 19.8 Å². The van der Waals surface area contributed by atoms with E-state index in [-0.39, 0.29) is 0 Å². The molecule has 0 unspecified atom stereocenters. The topological polar surface area (TPSA) is 75.7 Å². The van der Waals surface area contributed by atoms with Gasteiger partial charge in [-0.1, -0.05) is 13.0 Å². The Bertz CT molecular complexity index is 522. The molecule has 18 heavy (non-hydrogen) atoms. The minimum atomic E-state index is 0.550. The van der Waals surface area contributed by atoms with Crippen molar-refractivity contribution in [1.82, 2.24) is 20.2 Å². The summed E-state index contributed by atoms with van der Waals surface area (Å²) in [6.45, 7) is 7.12. The van der Waals surface area contributed by atoms with E-state index in [4.69, 9.17) is 4.74 Å². The number of aromatic nitrogens is 4. The summed E-state index contributed by atoms with van der Waals surface area (Å²) in [6, 6.07) is 0. The first kappa shape index (κ1) is 12.3. The van der Waals surface area contributed by atoms with Gasteiger partial charge in [0, 0.05) is 6.54 Å². The lowest BCUT2D eigenvalue weighted by Gasteiger charge is -2.07. The zero-order valence-electron chi connectivity index (χ0n) is 10.4. The summed E-state index contributed by atoms with van der Waals surface area (Å²) >= 11 is 0. The van der Waals surface area contributed by atoms with Gasteiger partial charge in [-0.05, 0) is 12.8 Å². The van der Waals surface area contributed by atoms with Crippen LogP contribution in [0.25, 0.3) is 11.0 Å². The van der Waals surface area contributed by atoms with Gasteiger partial charge in [-0.15, -0.1) is 6.58 Å². The number of rotatable bonds is 7. The summed E-state index contributed by atoms with van der Waals surface area (Å²) in [6.07, 6.45) is 5.27. The number of hydrogen-bond acceptors (Lipinski definition) is 5. The summed E-state index contributed by atoms with van der Waals surface area (Å²) in [5.74, 6) is 1.11. The Morgan fingerprint density at radius 1 is 1.50 bits per heavy atom. The van der Waals surface area contributed by atoms with E-state index < -0.39 is 0 Å². The normalized spacial score (nSPS) is 10.5. The molecule has 0 atom stereocenters. The van der Waals surface area contributed by atoms with Gasteiger partial charge in [0.25, 0.3) is 0 Å². The zero-order chi connectivity index (χ0) is 12.8. The minimum Gasteiger partial charge on any atom is -0.477 e. The number of aromatic amines is 1. The highest BCUT2D eigenvalue weighted by molar-refractivity contribution is 5.80. The van der Waals surface area contributed by atoms with Crippen LogP contribution in [0.5, 0.6) is 5.88 Å². The molecular weight excluding hydrogens is 230 g/mol. The van der Waals surface area contributed by atoms with Crippen LogP contribution in [0.4, 0.5) is 5.95 Å². The van der Waals surface area contributed by atoms with Crippen LogP contribution in [0.2, 0.25) is 0 Å². The van der Waals surface area contributed by atoms with Crippen molar-refractivity contribution in [2.75, 3.05) is 18.5 Å². The predicted octanol–water partition coefficient (Wildman–Crippen LogP) is 2.13. The molecule has 6 heteroatoms. The maximum Gasteiger partial charge on any atom is 0.229 e. The first-order chi connectivity index (χ1) is 8.85. The van der Waals surface area contributed by atoms with Gasteiger partial charge in [0.05, 0.1) is 12.8 Å². The third-order valence-electron chi connectivity index (χ3n) is 2.37. The SMILES string of the molecule is C=CCCOc1nc(NCCC)nc2[nH]ncc12. The largest absolute Gasteiger partial charge is 0.477 e. The number of nitrogens with zero attached hydrogens (tertiary/aromatic N) is 3. The smallest absolute Gasteiger partial charge is 0.229 e. The van der Waals surface area contributed by atoms with Gasteiger partial charge in [0.15, 0.2) is 5.65 Å². The standard InChI is InChI=1S/C12H17N5O/c1-3-5-7-18-11-9-8-14-17-10(9)15-12(16-11)13-6-4-2/h3,8H,1,4-7H2,2H3,(H2,13,14,15,16,17). The third kappa shape index (κ3) is 2.77.